The summed E-state index contributed by atoms with van der Waals surface area (Å²) in [5.41, 5.74) is 0.329. The van der Waals surface area contributed by atoms with Gasteiger partial charge >= 0.3 is 10.2 Å². The van der Waals surface area contributed by atoms with Gasteiger partial charge in [0.25, 0.3) is 6.43 Å². The van der Waals surface area contributed by atoms with E-state index in [1.54, 1.807) is 0 Å². The third kappa shape index (κ3) is 3.90. The molecule has 15 heavy (non-hydrogen) atoms. The molecule has 86 valence electrons. The molecule has 1 aromatic heterocycles. The molecule has 0 amide bonds. The molecule has 0 aromatic carbocycles. The molecule has 1 heterocycles. The zero-order chi connectivity index (χ0) is 11.6. The third-order valence-electron chi connectivity index (χ3n) is 1.70. The minimum Gasteiger partial charge on any atom is -0.266 e. The van der Waals surface area contributed by atoms with E-state index in [2.05, 4.69) is 5.10 Å². The molecule has 4 nitrogen and oxygen atoms in total. The second-order valence-corrected chi connectivity index (χ2v) is 4.40. The van der Waals surface area contributed by atoms with Gasteiger partial charge in [-0.05, 0) is 6.92 Å². The highest BCUT2D eigenvalue weighted by Gasteiger charge is 2.15. The summed E-state index contributed by atoms with van der Waals surface area (Å²) in [7, 11) is -4.66. The van der Waals surface area contributed by atoms with Gasteiger partial charge in [0.1, 0.15) is 12.3 Å². The monoisotopic (exact) mass is 242 g/mol. The van der Waals surface area contributed by atoms with Crippen molar-refractivity contribution in [3.8, 4) is 0 Å². The van der Waals surface area contributed by atoms with Crippen molar-refractivity contribution in [1.29, 1.82) is 0 Å². The molecule has 0 unspecified atom stereocenters. The smallest absolute Gasteiger partial charge is 0.266 e. The van der Waals surface area contributed by atoms with Crippen LogP contribution >= 0.6 is 0 Å². The molecule has 0 aliphatic heterocycles. The van der Waals surface area contributed by atoms with Gasteiger partial charge < -0.3 is 0 Å². The number of rotatable bonds is 4. The summed E-state index contributed by atoms with van der Waals surface area (Å²) in [5, 5.41) is 3.64. The number of hydrogen-bond acceptors (Lipinski definition) is 3. The molecule has 0 aliphatic rings. The van der Waals surface area contributed by atoms with Crippen LogP contribution in [0.2, 0.25) is 0 Å². The first-order valence-electron chi connectivity index (χ1n) is 4.01. The van der Waals surface area contributed by atoms with Crippen molar-refractivity contribution < 1.29 is 21.1 Å². The van der Waals surface area contributed by atoms with Crippen molar-refractivity contribution in [1.82, 2.24) is 9.78 Å². The van der Waals surface area contributed by atoms with E-state index in [-0.39, 0.29) is 11.3 Å². The highest BCUT2D eigenvalue weighted by atomic mass is 32.3. The Morgan fingerprint density at radius 2 is 2.13 bits per heavy atom. The molecular weight excluding hydrogens is 233 g/mol. The number of alkyl halides is 2. The topological polar surface area (TPSA) is 52.0 Å². The van der Waals surface area contributed by atoms with Crippen LogP contribution in [-0.4, -0.2) is 24.6 Å². The highest BCUT2D eigenvalue weighted by Crippen LogP contribution is 2.12. The Balaban J connectivity index is 2.87. The Kier molecular flexibility index (Phi) is 3.38. The summed E-state index contributed by atoms with van der Waals surface area (Å²) in [6.07, 6.45) is -1.47. The van der Waals surface area contributed by atoms with E-state index in [0.717, 1.165) is 10.9 Å². The normalized spacial score (nSPS) is 12.3. The SMILES string of the molecule is Cc1nn(CC(F)F)cc1CS(=O)(=O)F. The fraction of sp³-hybridized carbons (Fsp3) is 0.571. The summed E-state index contributed by atoms with van der Waals surface area (Å²) >= 11 is 0. The Morgan fingerprint density at radius 1 is 1.53 bits per heavy atom. The average molecular weight is 242 g/mol. The molecule has 8 heteroatoms. The summed E-state index contributed by atoms with van der Waals surface area (Å²) < 4.78 is 57.8. The number of halogens is 3. The first-order valence-corrected chi connectivity index (χ1v) is 5.56. The summed E-state index contributed by atoms with van der Waals surface area (Å²) in [6, 6.07) is 0. The molecule has 0 bridgehead atoms. The lowest BCUT2D eigenvalue weighted by Crippen LogP contribution is -2.06. The molecule has 0 radical (unpaired) electrons. The lowest BCUT2D eigenvalue weighted by molar-refractivity contribution is 0.121. The Hall–Kier alpha value is -1.05. The van der Waals surface area contributed by atoms with Crippen molar-refractivity contribution in [2.75, 3.05) is 0 Å². The van der Waals surface area contributed by atoms with Crippen molar-refractivity contribution in [3.63, 3.8) is 0 Å². The van der Waals surface area contributed by atoms with E-state index in [9.17, 15) is 21.1 Å². The van der Waals surface area contributed by atoms with E-state index in [4.69, 9.17) is 0 Å². The van der Waals surface area contributed by atoms with Crippen LogP contribution in [0.15, 0.2) is 6.20 Å². The molecule has 1 aromatic rings. The minimum absolute atomic E-state index is 0.0955. The van der Waals surface area contributed by atoms with Crippen LogP contribution in [-0.2, 0) is 22.5 Å². The minimum atomic E-state index is -4.66. The number of aromatic nitrogens is 2. The lowest BCUT2D eigenvalue weighted by Gasteiger charge is -1.97. The molecule has 0 N–H and O–H groups in total. The predicted octanol–water partition coefficient (Wildman–Crippen LogP) is 1.26. The molecular formula is C7H9F3N2O2S. The van der Waals surface area contributed by atoms with E-state index in [1.165, 1.54) is 6.92 Å². The van der Waals surface area contributed by atoms with Crippen LogP contribution in [0.5, 0.6) is 0 Å². The van der Waals surface area contributed by atoms with Crippen LogP contribution in [0, 0.1) is 6.92 Å². The fourth-order valence-corrected chi connectivity index (χ4v) is 1.78. The van der Waals surface area contributed by atoms with Crippen LogP contribution < -0.4 is 0 Å². The second-order valence-electron chi connectivity index (χ2n) is 3.04. The Morgan fingerprint density at radius 3 is 2.60 bits per heavy atom. The zero-order valence-electron chi connectivity index (χ0n) is 7.82. The molecule has 0 saturated heterocycles. The van der Waals surface area contributed by atoms with E-state index < -0.39 is 28.9 Å². The average Bonchev–Trinajstić information content (AvgIpc) is 2.26. The van der Waals surface area contributed by atoms with Gasteiger partial charge in [0.15, 0.2) is 0 Å². The summed E-state index contributed by atoms with van der Waals surface area (Å²) in [4.78, 5) is 0. The van der Waals surface area contributed by atoms with Crippen LogP contribution in [0.3, 0.4) is 0 Å². The van der Waals surface area contributed by atoms with Gasteiger partial charge in [-0.1, -0.05) is 0 Å². The standard InChI is InChI=1S/C7H9F3N2O2S/c1-5-6(4-15(10,13)14)2-12(11-5)3-7(8)9/h2,7H,3-4H2,1H3. The zero-order valence-corrected chi connectivity index (χ0v) is 8.64. The molecule has 0 fully saturated rings. The van der Waals surface area contributed by atoms with Crippen molar-refractivity contribution >= 4 is 10.2 Å². The number of aryl methyl sites for hydroxylation is 1. The largest absolute Gasteiger partial charge is 0.306 e. The van der Waals surface area contributed by atoms with E-state index in [0.29, 0.717) is 0 Å². The molecule has 0 atom stereocenters. The second kappa shape index (κ2) is 4.21. The maximum absolute atomic E-state index is 12.3. The predicted molar refractivity (Wildman–Crippen MR) is 46.7 cm³/mol. The van der Waals surface area contributed by atoms with Gasteiger partial charge in [0.05, 0.1) is 5.69 Å². The lowest BCUT2D eigenvalue weighted by atomic mass is 10.3. The van der Waals surface area contributed by atoms with Gasteiger partial charge in [-0.3, -0.25) is 4.68 Å². The molecule has 0 spiro atoms. The third-order valence-corrected chi connectivity index (χ3v) is 2.36. The number of hydrogen-bond donors (Lipinski definition) is 0. The van der Waals surface area contributed by atoms with Gasteiger partial charge in [-0.25, -0.2) is 8.78 Å². The Bertz CT molecular complexity index is 441. The van der Waals surface area contributed by atoms with Crippen molar-refractivity contribution in [2.24, 2.45) is 0 Å². The molecule has 0 saturated carbocycles. The maximum atomic E-state index is 12.3. The van der Waals surface area contributed by atoms with E-state index in [1.807, 2.05) is 0 Å². The number of nitrogens with zero attached hydrogens (tertiary/aromatic N) is 2. The van der Waals surface area contributed by atoms with Gasteiger partial charge in [-0.2, -0.15) is 13.5 Å². The van der Waals surface area contributed by atoms with Gasteiger partial charge in [0, 0.05) is 11.8 Å². The summed E-state index contributed by atoms with van der Waals surface area (Å²) in [6.45, 7) is 0.801. The molecule has 0 aliphatic carbocycles. The first kappa shape index (κ1) is 12.0. The quantitative estimate of drug-likeness (QED) is 0.747. The van der Waals surface area contributed by atoms with Crippen LogP contribution in [0.4, 0.5) is 12.7 Å². The highest BCUT2D eigenvalue weighted by molar-refractivity contribution is 7.85. The van der Waals surface area contributed by atoms with Crippen LogP contribution in [0.1, 0.15) is 11.3 Å². The van der Waals surface area contributed by atoms with Crippen molar-refractivity contribution in [3.05, 3.63) is 17.5 Å². The fourth-order valence-electron chi connectivity index (χ4n) is 1.12. The van der Waals surface area contributed by atoms with Crippen molar-refractivity contribution in [2.45, 2.75) is 25.6 Å². The first-order chi connectivity index (χ1) is 6.78. The summed E-state index contributed by atoms with van der Waals surface area (Å²) in [5.74, 6) is -0.831. The maximum Gasteiger partial charge on any atom is 0.306 e. The van der Waals surface area contributed by atoms with E-state index >= 15 is 0 Å². The van der Waals surface area contributed by atoms with Gasteiger partial charge in [-0.15, -0.1) is 3.89 Å². The van der Waals surface area contributed by atoms with Crippen LogP contribution in [0.25, 0.3) is 0 Å². The Labute approximate surface area is 84.9 Å². The molecule has 1 rings (SSSR count). The van der Waals surface area contributed by atoms with Gasteiger partial charge in [0.2, 0.25) is 0 Å².